The molecule has 1 saturated heterocycles. The summed E-state index contributed by atoms with van der Waals surface area (Å²) in [5.74, 6) is -0.406. The molecule has 6 nitrogen and oxygen atoms in total. The fourth-order valence-corrected chi connectivity index (χ4v) is 5.59. The van der Waals surface area contributed by atoms with E-state index in [1.54, 1.807) is 23.1 Å². The molecule has 0 aliphatic carbocycles. The van der Waals surface area contributed by atoms with Gasteiger partial charge in [-0.2, -0.15) is 5.10 Å². The van der Waals surface area contributed by atoms with Crippen molar-refractivity contribution in [1.82, 2.24) is 14.9 Å². The third-order valence-corrected chi connectivity index (χ3v) is 7.34. The minimum Gasteiger partial charge on any atom is -0.356 e. The second-order valence-electron chi connectivity index (χ2n) is 8.67. The lowest BCUT2D eigenvalue weighted by atomic mass is 9.86. The third-order valence-electron chi connectivity index (χ3n) is 6.69. The molecular formula is C27H20Cl2N4O2. The summed E-state index contributed by atoms with van der Waals surface area (Å²) in [4.78, 5) is 32.5. The highest BCUT2D eigenvalue weighted by Gasteiger charge is 2.48. The molecule has 6 rings (SSSR count). The van der Waals surface area contributed by atoms with Crippen LogP contribution in [0.2, 0.25) is 10.0 Å². The first kappa shape index (κ1) is 21.9. The summed E-state index contributed by atoms with van der Waals surface area (Å²) in [5, 5.41) is 7.47. The highest BCUT2D eigenvalue weighted by molar-refractivity contribution is 6.38. The predicted octanol–water partition coefficient (Wildman–Crippen LogP) is 5.19. The van der Waals surface area contributed by atoms with E-state index < -0.39 is 12.1 Å². The predicted molar refractivity (Wildman–Crippen MR) is 137 cm³/mol. The molecule has 0 saturated carbocycles. The summed E-state index contributed by atoms with van der Waals surface area (Å²) in [7, 11) is 0. The molecule has 2 amide bonds. The van der Waals surface area contributed by atoms with Gasteiger partial charge in [0.15, 0.2) is 0 Å². The monoisotopic (exact) mass is 502 g/mol. The van der Waals surface area contributed by atoms with Crippen LogP contribution in [0.15, 0.2) is 77.9 Å². The van der Waals surface area contributed by atoms with Gasteiger partial charge < -0.3 is 9.88 Å². The van der Waals surface area contributed by atoms with Gasteiger partial charge in [0, 0.05) is 28.6 Å². The van der Waals surface area contributed by atoms with Crippen molar-refractivity contribution < 1.29 is 9.59 Å². The molecule has 1 unspecified atom stereocenters. The van der Waals surface area contributed by atoms with E-state index in [2.05, 4.69) is 10.1 Å². The summed E-state index contributed by atoms with van der Waals surface area (Å²) in [6.45, 7) is -0.160. The van der Waals surface area contributed by atoms with Gasteiger partial charge in [0.05, 0.1) is 22.3 Å². The van der Waals surface area contributed by atoms with Gasteiger partial charge in [-0.1, -0.05) is 77.8 Å². The van der Waals surface area contributed by atoms with Crippen LogP contribution in [0.25, 0.3) is 10.9 Å². The van der Waals surface area contributed by atoms with Crippen LogP contribution in [-0.4, -0.2) is 45.5 Å². The second kappa shape index (κ2) is 8.56. The van der Waals surface area contributed by atoms with Crippen molar-refractivity contribution >= 4 is 52.1 Å². The van der Waals surface area contributed by atoms with Crippen LogP contribution in [0.3, 0.4) is 0 Å². The van der Waals surface area contributed by atoms with Gasteiger partial charge in [0.25, 0.3) is 5.91 Å². The van der Waals surface area contributed by atoms with E-state index in [4.69, 9.17) is 23.2 Å². The van der Waals surface area contributed by atoms with Crippen LogP contribution in [0, 0.1) is 0 Å². The molecule has 0 spiro atoms. The number of para-hydroxylation sites is 1. The summed E-state index contributed by atoms with van der Waals surface area (Å²) in [6.07, 6.45) is 1.85. The molecule has 1 N–H and O–H groups in total. The van der Waals surface area contributed by atoms with Gasteiger partial charge in [-0.05, 0) is 29.3 Å². The summed E-state index contributed by atoms with van der Waals surface area (Å²) >= 11 is 12.5. The van der Waals surface area contributed by atoms with Crippen molar-refractivity contribution in [2.75, 3.05) is 6.54 Å². The molecule has 4 aromatic rings. The summed E-state index contributed by atoms with van der Waals surface area (Å²) in [6, 6.07) is 21.9. The van der Waals surface area contributed by atoms with Crippen LogP contribution in [0.1, 0.15) is 28.4 Å². The van der Waals surface area contributed by atoms with Gasteiger partial charge in [0.1, 0.15) is 12.6 Å². The standard InChI is InChI=1S/C27H20Cl2N4O2/c28-20-10-6-11-21(29)19(20)14-30-32-15-24(34)33-23(27(32)35)13-18-17-9-4-5-12-22(17)31-25(18)26(33)16-7-2-1-3-8-16/h1-12,14,23,26,31H,13,15H2/b30-14+/t23-,26?/m0/s1. The summed E-state index contributed by atoms with van der Waals surface area (Å²) < 4.78 is 0. The number of carbonyl (C=O) groups excluding carboxylic acids is 2. The Morgan fingerprint density at radius 3 is 2.40 bits per heavy atom. The zero-order valence-corrected chi connectivity index (χ0v) is 20.0. The Kier molecular flexibility index (Phi) is 5.35. The molecule has 1 aromatic heterocycles. The van der Waals surface area contributed by atoms with Gasteiger partial charge in [-0.15, -0.1) is 0 Å². The average Bonchev–Trinajstić information content (AvgIpc) is 3.24. The molecule has 174 valence electrons. The third kappa shape index (κ3) is 3.61. The van der Waals surface area contributed by atoms with Crippen LogP contribution in [-0.2, 0) is 16.0 Å². The quantitative estimate of drug-likeness (QED) is 0.391. The number of hydrogen-bond acceptors (Lipinski definition) is 3. The van der Waals surface area contributed by atoms with E-state index in [1.807, 2.05) is 54.6 Å². The number of hydrogen-bond donors (Lipinski definition) is 1. The maximum Gasteiger partial charge on any atom is 0.266 e. The Bertz CT molecular complexity index is 1480. The minimum absolute atomic E-state index is 0.160. The first-order valence-electron chi connectivity index (χ1n) is 11.3. The number of piperazine rings is 1. The van der Waals surface area contributed by atoms with Gasteiger partial charge in [-0.25, -0.2) is 5.01 Å². The van der Waals surface area contributed by atoms with Crippen molar-refractivity contribution in [2.24, 2.45) is 5.10 Å². The first-order chi connectivity index (χ1) is 17.0. The number of nitrogens with one attached hydrogen (secondary N) is 1. The first-order valence-corrected chi connectivity index (χ1v) is 12.0. The van der Waals surface area contributed by atoms with Crippen molar-refractivity contribution in [3.05, 3.63) is 105 Å². The van der Waals surface area contributed by atoms with E-state index in [1.165, 1.54) is 11.2 Å². The number of H-pyrrole nitrogens is 1. The van der Waals surface area contributed by atoms with Crippen LogP contribution in [0.5, 0.6) is 0 Å². The normalized spacial score (nSPS) is 19.9. The fourth-order valence-electron chi connectivity index (χ4n) is 5.09. The lowest BCUT2D eigenvalue weighted by molar-refractivity contribution is -0.158. The highest BCUT2D eigenvalue weighted by Crippen LogP contribution is 2.42. The molecule has 0 bridgehead atoms. The van der Waals surface area contributed by atoms with E-state index in [0.717, 1.165) is 27.7 Å². The van der Waals surface area contributed by atoms with Crippen molar-refractivity contribution in [3.8, 4) is 0 Å². The van der Waals surface area contributed by atoms with Crippen LogP contribution >= 0.6 is 23.2 Å². The Hall–Kier alpha value is -3.61. The molecule has 3 aromatic carbocycles. The number of nitrogens with zero attached hydrogens (tertiary/aromatic N) is 3. The van der Waals surface area contributed by atoms with Crippen molar-refractivity contribution in [3.63, 3.8) is 0 Å². The van der Waals surface area contributed by atoms with Gasteiger partial charge in [-0.3, -0.25) is 9.59 Å². The lowest BCUT2D eigenvalue weighted by Gasteiger charge is -2.45. The smallest absolute Gasteiger partial charge is 0.266 e. The molecule has 0 radical (unpaired) electrons. The maximum absolute atomic E-state index is 13.7. The highest BCUT2D eigenvalue weighted by atomic mass is 35.5. The number of benzene rings is 3. The molecule has 2 atom stereocenters. The Balaban J connectivity index is 1.43. The zero-order chi connectivity index (χ0) is 24.1. The molecule has 3 heterocycles. The molecule has 1 fully saturated rings. The minimum atomic E-state index is -0.674. The topological polar surface area (TPSA) is 68.8 Å². The van der Waals surface area contributed by atoms with E-state index >= 15 is 0 Å². The van der Waals surface area contributed by atoms with E-state index in [9.17, 15) is 9.59 Å². The number of rotatable bonds is 3. The maximum atomic E-state index is 13.7. The largest absolute Gasteiger partial charge is 0.356 e. The Morgan fingerprint density at radius 2 is 1.63 bits per heavy atom. The number of amides is 2. The number of carbonyl (C=O) groups is 2. The zero-order valence-electron chi connectivity index (χ0n) is 18.5. The number of aromatic amines is 1. The van der Waals surface area contributed by atoms with E-state index in [-0.39, 0.29) is 18.4 Å². The van der Waals surface area contributed by atoms with Crippen molar-refractivity contribution in [2.45, 2.75) is 18.5 Å². The SMILES string of the molecule is O=C1[C@@H]2Cc3c([nH]c4ccccc34)C(c3ccccc3)N2C(=O)CN1/N=C/c1c(Cl)cccc1Cl. The van der Waals surface area contributed by atoms with Crippen LogP contribution < -0.4 is 0 Å². The molecule has 35 heavy (non-hydrogen) atoms. The molecule has 8 heteroatoms. The molecular weight excluding hydrogens is 483 g/mol. The van der Waals surface area contributed by atoms with E-state index in [0.29, 0.717) is 22.0 Å². The fraction of sp³-hybridized carbons (Fsp3) is 0.148. The van der Waals surface area contributed by atoms with Crippen LogP contribution in [0.4, 0.5) is 0 Å². The number of hydrazone groups is 1. The van der Waals surface area contributed by atoms with Gasteiger partial charge >= 0.3 is 0 Å². The summed E-state index contributed by atoms with van der Waals surface area (Å²) in [5.41, 5.74) is 4.45. The van der Waals surface area contributed by atoms with Crippen molar-refractivity contribution in [1.29, 1.82) is 0 Å². The molecule has 2 aliphatic rings. The molecule has 2 aliphatic heterocycles. The Labute approximate surface area is 211 Å². The number of halogens is 2. The Morgan fingerprint density at radius 1 is 0.914 bits per heavy atom. The van der Waals surface area contributed by atoms with Gasteiger partial charge in [0.2, 0.25) is 5.91 Å². The lowest BCUT2D eigenvalue weighted by Crippen LogP contribution is -2.61. The second-order valence-corrected chi connectivity index (χ2v) is 9.49. The average molecular weight is 503 g/mol. The number of fused-ring (bicyclic) bond motifs is 4. The number of aromatic nitrogens is 1.